The zero-order valence-corrected chi connectivity index (χ0v) is 19.1. The number of carbonyl (C=O) groups excluding carboxylic acids is 1. The Morgan fingerprint density at radius 1 is 1.16 bits per heavy atom. The van der Waals surface area contributed by atoms with E-state index in [0.29, 0.717) is 34.8 Å². The fraction of sp³-hybridized carbons (Fsp3) is 0.455. The molecule has 3 heterocycles. The molecule has 1 aliphatic rings. The number of thiazole rings is 1. The SMILES string of the molecule is COc1ccc(CCNC(=O)Cn2cnc3nc(N4CCCCC4)sc3c2=O)cc1OC. The molecule has 1 aromatic carbocycles. The molecule has 0 saturated carbocycles. The molecule has 1 amide bonds. The predicted molar refractivity (Wildman–Crippen MR) is 124 cm³/mol. The number of carbonyl (C=O) groups is 1. The third-order valence-corrected chi connectivity index (χ3v) is 6.59. The van der Waals surface area contributed by atoms with E-state index in [0.717, 1.165) is 36.6 Å². The monoisotopic (exact) mass is 457 g/mol. The second kappa shape index (κ2) is 9.99. The number of piperidine rings is 1. The minimum atomic E-state index is -0.241. The number of rotatable bonds is 8. The van der Waals surface area contributed by atoms with E-state index < -0.39 is 0 Å². The first-order chi connectivity index (χ1) is 15.6. The van der Waals surface area contributed by atoms with Crippen LogP contribution in [0.25, 0.3) is 10.3 Å². The van der Waals surface area contributed by atoms with E-state index in [1.165, 1.54) is 28.7 Å². The third kappa shape index (κ3) is 4.85. The zero-order chi connectivity index (χ0) is 22.5. The number of hydrogen-bond donors (Lipinski definition) is 1. The summed E-state index contributed by atoms with van der Waals surface area (Å²) in [6, 6.07) is 5.65. The van der Waals surface area contributed by atoms with E-state index in [9.17, 15) is 9.59 Å². The Balaban J connectivity index is 1.37. The lowest BCUT2D eigenvalue weighted by Gasteiger charge is -2.25. The summed E-state index contributed by atoms with van der Waals surface area (Å²) in [5.41, 5.74) is 1.23. The number of nitrogens with one attached hydrogen (secondary N) is 1. The van der Waals surface area contributed by atoms with Gasteiger partial charge < -0.3 is 19.7 Å². The summed E-state index contributed by atoms with van der Waals surface area (Å²) >= 11 is 1.36. The first-order valence-corrected chi connectivity index (χ1v) is 11.5. The number of nitrogens with zero attached hydrogens (tertiary/aromatic N) is 4. The molecule has 1 aliphatic heterocycles. The molecule has 32 heavy (non-hydrogen) atoms. The summed E-state index contributed by atoms with van der Waals surface area (Å²) in [4.78, 5) is 36.3. The number of ether oxygens (including phenoxy) is 2. The van der Waals surface area contributed by atoms with Gasteiger partial charge in [0.05, 0.1) is 14.2 Å². The minimum absolute atomic E-state index is 0.0787. The van der Waals surface area contributed by atoms with E-state index in [4.69, 9.17) is 9.47 Å². The van der Waals surface area contributed by atoms with Gasteiger partial charge in [-0.2, -0.15) is 4.98 Å². The topological polar surface area (TPSA) is 98.6 Å². The average Bonchev–Trinajstić information content (AvgIpc) is 3.27. The molecule has 10 heteroatoms. The summed E-state index contributed by atoms with van der Waals surface area (Å²) in [6.07, 6.45) is 5.53. The Bertz CT molecular complexity index is 1150. The molecule has 9 nitrogen and oxygen atoms in total. The van der Waals surface area contributed by atoms with Crippen LogP contribution < -0.4 is 25.2 Å². The van der Waals surface area contributed by atoms with Gasteiger partial charge in [0.1, 0.15) is 17.6 Å². The highest BCUT2D eigenvalue weighted by molar-refractivity contribution is 7.22. The van der Waals surface area contributed by atoms with Crippen molar-refractivity contribution in [1.29, 1.82) is 0 Å². The van der Waals surface area contributed by atoms with Crippen LogP contribution in [-0.2, 0) is 17.8 Å². The molecular weight excluding hydrogens is 430 g/mol. The van der Waals surface area contributed by atoms with Crippen molar-refractivity contribution < 1.29 is 14.3 Å². The van der Waals surface area contributed by atoms with Crippen LogP contribution in [0.1, 0.15) is 24.8 Å². The van der Waals surface area contributed by atoms with Crippen molar-refractivity contribution in [2.75, 3.05) is 38.8 Å². The van der Waals surface area contributed by atoms with Gasteiger partial charge >= 0.3 is 0 Å². The quantitative estimate of drug-likeness (QED) is 0.554. The van der Waals surface area contributed by atoms with E-state index in [1.807, 2.05) is 18.2 Å². The van der Waals surface area contributed by atoms with Gasteiger partial charge in [0.2, 0.25) is 5.91 Å². The van der Waals surface area contributed by atoms with Crippen LogP contribution in [0.2, 0.25) is 0 Å². The molecule has 170 valence electrons. The second-order valence-electron chi connectivity index (χ2n) is 7.66. The van der Waals surface area contributed by atoms with Crippen LogP contribution in [0, 0.1) is 0 Å². The molecule has 0 radical (unpaired) electrons. The summed E-state index contributed by atoms with van der Waals surface area (Å²) < 4.78 is 12.4. The number of amides is 1. The lowest BCUT2D eigenvalue weighted by molar-refractivity contribution is -0.121. The zero-order valence-electron chi connectivity index (χ0n) is 18.3. The number of benzene rings is 1. The van der Waals surface area contributed by atoms with Crippen LogP contribution in [-0.4, -0.2) is 54.3 Å². The molecule has 3 aromatic rings. The average molecular weight is 458 g/mol. The smallest absolute Gasteiger partial charge is 0.273 e. The summed E-state index contributed by atoms with van der Waals surface area (Å²) in [7, 11) is 3.18. The van der Waals surface area contributed by atoms with Crippen LogP contribution in [0.15, 0.2) is 29.3 Å². The predicted octanol–water partition coefficient (Wildman–Crippen LogP) is 2.22. The number of anilines is 1. The Morgan fingerprint density at radius 2 is 1.94 bits per heavy atom. The molecule has 1 fully saturated rings. The van der Waals surface area contributed by atoms with E-state index >= 15 is 0 Å². The van der Waals surface area contributed by atoms with Gasteiger partial charge in [0.25, 0.3) is 5.56 Å². The maximum Gasteiger partial charge on any atom is 0.273 e. The van der Waals surface area contributed by atoms with Gasteiger partial charge in [-0.3, -0.25) is 14.2 Å². The highest BCUT2D eigenvalue weighted by atomic mass is 32.1. The molecule has 0 bridgehead atoms. The largest absolute Gasteiger partial charge is 0.493 e. The van der Waals surface area contributed by atoms with Crippen molar-refractivity contribution in [1.82, 2.24) is 19.9 Å². The molecule has 0 aliphatic carbocycles. The van der Waals surface area contributed by atoms with Gasteiger partial charge in [-0.05, 0) is 43.4 Å². The van der Waals surface area contributed by atoms with Crippen molar-refractivity contribution >= 4 is 32.7 Å². The third-order valence-electron chi connectivity index (χ3n) is 5.50. The van der Waals surface area contributed by atoms with Gasteiger partial charge in [0.15, 0.2) is 22.3 Å². The van der Waals surface area contributed by atoms with Crippen molar-refractivity contribution in [3.63, 3.8) is 0 Å². The highest BCUT2D eigenvalue weighted by Gasteiger charge is 2.18. The maximum absolute atomic E-state index is 12.9. The van der Waals surface area contributed by atoms with Gasteiger partial charge in [-0.15, -0.1) is 0 Å². The molecule has 0 unspecified atom stereocenters. The standard InChI is InChI=1S/C22H27N5O4S/c1-30-16-7-6-15(12-17(16)31-2)8-9-23-18(28)13-27-14-24-20-19(21(27)29)32-22(25-20)26-10-4-3-5-11-26/h6-7,12,14H,3-5,8-11,13H2,1-2H3,(H,23,28). The van der Waals surface area contributed by atoms with Gasteiger partial charge in [-0.25, -0.2) is 4.98 Å². The molecule has 0 spiro atoms. The van der Waals surface area contributed by atoms with Gasteiger partial charge in [0, 0.05) is 19.6 Å². The first kappa shape index (κ1) is 22.1. The number of hydrogen-bond acceptors (Lipinski definition) is 8. The number of methoxy groups -OCH3 is 2. The summed E-state index contributed by atoms with van der Waals surface area (Å²) in [5.74, 6) is 1.07. The van der Waals surface area contributed by atoms with Crippen molar-refractivity contribution in [3.05, 3.63) is 40.4 Å². The van der Waals surface area contributed by atoms with E-state index in [2.05, 4.69) is 20.2 Å². The molecular formula is C22H27N5O4S. The number of aromatic nitrogens is 3. The molecule has 4 rings (SSSR count). The Morgan fingerprint density at radius 3 is 2.69 bits per heavy atom. The molecule has 1 N–H and O–H groups in total. The first-order valence-electron chi connectivity index (χ1n) is 10.7. The lowest BCUT2D eigenvalue weighted by Crippen LogP contribution is -2.33. The van der Waals surface area contributed by atoms with Crippen molar-refractivity contribution in [2.24, 2.45) is 0 Å². The Kier molecular flexibility index (Phi) is 6.89. The summed E-state index contributed by atoms with van der Waals surface area (Å²) in [6.45, 7) is 2.27. The van der Waals surface area contributed by atoms with Crippen molar-refractivity contribution in [2.45, 2.75) is 32.2 Å². The van der Waals surface area contributed by atoms with E-state index in [1.54, 1.807) is 14.2 Å². The molecule has 1 saturated heterocycles. The molecule has 2 aromatic heterocycles. The van der Waals surface area contributed by atoms with Crippen LogP contribution in [0.4, 0.5) is 5.13 Å². The Hall–Kier alpha value is -3.14. The van der Waals surface area contributed by atoms with Crippen LogP contribution in [0.3, 0.4) is 0 Å². The maximum atomic E-state index is 12.9. The number of fused-ring (bicyclic) bond motifs is 1. The second-order valence-corrected chi connectivity index (χ2v) is 8.64. The minimum Gasteiger partial charge on any atom is -0.493 e. The van der Waals surface area contributed by atoms with Crippen LogP contribution in [0.5, 0.6) is 11.5 Å². The van der Waals surface area contributed by atoms with Crippen molar-refractivity contribution in [3.8, 4) is 11.5 Å². The normalized spacial score (nSPS) is 13.9. The fourth-order valence-electron chi connectivity index (χ4n) is 3.76. The Labute approximate surface area is 190 Å². The highest BCUT2D eigenvalue weighted by Crippen LogP contribution is 2.28. The van der Waals surface area contributed by atoms with E-state index in [-0.39, 0.29) is 18.0 Å². The van der Waals surface area contributed by atoms with Crippen LogP contribution >= 0.6 is 11.3 Å². The molecule has 0 atom stereocenters. The summed E-state index contributed by atoms with van der Waals surface area (Å²) in [5, 5.41) is 3.69. The fourth-order valence-corrected chi connectivity index (χ4v) is 4.78. The lowest BCUT2D eigenvalue weighted by atomic mass is 10.1. The van der Waals surface area contributed by atoms with Gasteiger partial charge in [-0.1, -0.05) is 17.4 Å².